The molecule has 22 heavy (non-hydrogen) atoms. The third-order valence-corrected chi connectivity index (χ3v) is 3.10. The summed E-state index contributed by atoms with van der Waals surface area (Å²) in [5, 5.41) is 2.85. The topological polar surface area (TPSA) is 79.5 Å². The van der Waals surface area contributed by atoms with Crippen LogP contribution in [0.4, 0.5) is 11.4 Å². The van der Waals surface area contributed by atoms with E-state index in [1.54, 1.807) is 43.5 Å². The summed E-state index contributed by atoms with van der Waals surface area (Å²) in [7, 11) is 1.60. The normalized spacial score (nSPS) is 9.73. The molecule has 0 aliphatic heterocycles. The van der Waals surface area contributed by atoms with Crippen LogP contribution in [-0.4, -0.2) is 19.4 Å². The van der Waals surface area contributed by atoms with Crippen LogP contribution in [-0.2, 0) is 4.79 Å². The van der Waals surface area contributed by atoms with Crippen LogP contribution in [0.25, 0.3) is 0 Å². The minimum atomic E-state index is -0.205. The summed E-state index contributed by atoms with van der Waals surface area (Å²) in [6.07, 6.45) is 0.535. The third kappa shape index (κ3) is 3.76. The van der Waals surface area contributed by atoms with Crippen molar-refractivity contribution in [2.75, 3.05) is 17.9 Å². The predicted octanol–water partition coefficient (Wildman–Crippen LogP) is 2.33. The quantitative estimate of drug-likeness (QED) is 0.565. The summed E-state index contributed by atoms with van der Waals surface area (Å²) in [5.41, 5.74) is 7.85. The predicted molar refractivity (Wildman–Crippen MR) is 84.9 cm³/mol. The SMILES string of the molecule is COc1ccc(NC(=O)c2ccc(NNC=O)cc2)c(C)c1. The van der Waals surface area contributed by atoms with Gasteiger partial charge in [-0.3, -0.25) is 20.4 Å². The lowest BCUT2D eigenvalue weighted by Crippen LogP contribution is -2.19. The van der Waals surface area contributed by atoms with E-state index in [0.29, 0.717) is 17.7 Å². The van der Waals surface area contributed by atoms with Gasteiger partial charge in [0.25, 0.3) is 5.91 Å². The summed E-state index contributed by atoms with van der Waals surface area (Å²) in [6, 6.07) is 12.2. The number of rotatable bonds is 6. The van der Waals surface area contributed by atoms with Gasteiger partial charge in [-0.1, -0.05) is 0 Å². The van der Waals surface area contributed by atoms with Crippen molar-refractivity contribution in [3.8, 4) is 5.75 Å². The Balaban J connectivity index is 2.07. The van der Waals surface area contributed by atoms with E-state index < -0.39 is 0 Å². The molecule has 0 unspecified atom stereocenters. The summed E-state index contributed by atoms with van der Waals surface area (Å²) in [6.45, 7) is 1.90. The zero-order chi connectivity index (χ0) is 15.9. The van der Waals surface area contributed by atoms with Crippen LogP contribution >= 0.6 is 0 Å². The molecule has 2 aromatic carbocycles. The molecule has 6 nitrogen and oxygen atoms in total. The lowest BCUT2D eigenvalue weighted by Gasteiger charge is -2.10. The van der Waals surface area contributed by atoms with Gasteiger partial charge < -0.3 is 10.1 Å². The first-order valence-corrected chi connectivity index (χ1v) is 6.65. The number of amides is 2. The number of hydrogen-bond donors (Lipinski definition) is 3. The maximum atomic E-state index is 12.2. The monoisotopic (exact) mass is 299 g/mol. The second kappa shape index (κ2) is 7.12. The third-order valence-electron chi connectivity index (χ3n) is 3.10. The molecular formula is C16H17N3O3. The van der Waals surface area contributed by atoms with E-state index in [4.69, 9.17) is 4.74 Å². The van der Waals surface area contributed by atoms with Crippen LogP contribution in [0.15, 0.2) is 42.5 Å². The number of nitrogens with one attached hydrogen (secondary N) is 3. The molecule has 3 N–H and O–H groups in total. The van der Waals surface area contributed by atoms with Crippen molar-refractivity contribution in [3.63, 3.8) is 0 Å². The number of aryl methyl sites for hydroxylation is 1. The number of carbonyl (C=O) groups excluding carboxylic acids is 2. The standard InChI is InChI=1S/C16H17N3O3/c1-11-9-14(22-2)7-8-15(11)18-16(21)12-3-5-13(6-4-12)19-17-10-20/h3-10,19H,1-2H3,(H,17,20)(H,18,21). The van der Waals surface area contributed by atoms with Crippen molar-refractivity contribution in [2.24, 2.45) is 0 Å². The molecule has 0 heterocycles. The number of benzene rings is 2. The van der Waals surface area contributed by atoms with E-state index >= 15 is 0 Å². The number of carbonyl (C=O) groups is 2. The Bertz CT molecular complexity index is 669. The Morgan fingerprint density at radius 2 is 1.86 bits per heavy atom. The number of anilines is 2. The fraction of sp³-hybridized carbons (Fsp3) is 0.125. The van der Waals surface area contributed by atoms with Crippen LogP contribution in [0.5, 0.6) is 5.75 Å². The van der Waals surface area contributed by atoms with Gasteiger partial charge in [-0.15, -0.1) is 0 Å². The highest BCUT2D eigenvalue weighted by atomic mass is 16.5. The van der Waals surface area contributed by atoms with Gasteiger partial charge >= 0.3 is 0 Å². The van der Waals surface area contributed by atoms with Crippen LogP contribution in [0, 0.1) is 6.92 Å². The van der Waals surface area contributed by atoms with Crippen molar-refractivity contribution < 1.29 is 14.3 Å². The highest BCUT2D eigenvalue weighted by Crippen LogP contribution is 2.21. The minimum Gasteiger partial charge on any atom is -0.497 e. The van der Waals surface area contributed by atoms with E-state index in [-0.39, 0.29) is 5.91 Å². The van der Waals surface area contributed by atoms with Gasteiger partial charge in [0.05, 0.1) is 12.8 Å². The molecule has 0 atom stereocenters. The minimum absolute atomic E-state index is 0.205. The fourth-order valence-corrected chi connectivity index (χ4v) is 1.92. The molecule has 0 spiro atoms. The number of ether oxygens (including phenoxy) is 1. The lowest BCUT2D eigenvalue weighted by molar-refractivity contribution is -0.109. The first kappa shape index (κ1) is 15.4. The Morgan fingerprint density at radius 1 is 1.14 bits per heavy atom. The zero-order valence-electron chi connectivity index (χ0n) is 12.3. The molecule has 0 saturated heterocycles. The molecule has 0 aliphatic rings. The van der Waals surface area contributed by atoms with Crippen molar-refractivity contribution in [1.29, 1.82) is 0 Å². The molecule has 114 valence electrons. The molecule has 2 amide bonds. The lowest BCUT2D eigenvalue weighted by atomic mass is 10.1. The van der Waals surface area contributed by atoms with Crippen molar-refractivity contribution in [3.05, 3.63) is 53.6 Å². The fourth-order valence-electron chi connectivity index (χ4n) is 1.92. The summed E-state index contributed by atoms with van der Waals surface area (Å²) < 4.78 is 5.13. The van der Waals surface area contributed by atoms with Crippen molar-refractivity contribution in [1.82, 2.24) is 5.43 Å². The summed E-state index contributed by atoms with van der Waals surface area (Å²) >= 11 is 0. The van der Waals surface area contributed by atoms with E-state index in [9.17, 15) is 9.59 Å². The second-order valence-corrected chi connectivity index (χ2v) is 4.60. The van der Waals surface area contributed by atoms with E-state index in [1.165, 1.54) is 0 Å². The molecule has 0 bridgehead atoms. The summed E-state index contributed by atoms with van der Waals surface area (Å²) in [4.78, 5) is 22.4. The maximum absolute atomic E-state index is 12.2. The van der Waals surface area contributed by atoms with E-state index in [2.05, 4.69) is 16.2 Å². The van der Waals surface area contributed by atoms with Gasteiger partial charge in [0.15, 0.2) is 0 Å². The van der Waals surface area contributed by atoms with Gasteiger partial charge in [-0.2, -0.15) is 0 Å². The van der Waals surface area contributed by atoms with E-state index in [1.807, 2.05) is 13.0 Å². The smallest absolute Gasteiger partial charge is 0.255 e. The highest BCUT2D eigenvalue weighted by molar-refractivity contribution is 6.04. The molecule has 0 fully saturated rings. The first-order valence-electron chi connectivity index (χ1n) is 6.65. The Labute approximate surface area is 128 Å². The van der Waals surface area contributed by atoms with Gasteiger partial charge in [0, 0.05) is 11.3 Å². The molecular weight excluding hydrogens is 282 g/mol. The molecule has 2 aromatic rings. The molecule has 0 aliphatic carbocycles. The largest absolute Gasteiger partial charge is 0.497 e. The highest BCUT2D eigenvalue weighted by Gasteiger charge is 2.08. The van der Waals surface area contributed by atoms with Crippen molar-refractivity contribution in [2.45, 2.75) is 6.92 Å². The average molecular weight is 299 g/mol. The molecule has 2 rings (SSSR count). The van der Waals surface area contributed by atoms with Crippen LogP contribution in [0.1, 0.15) is 15.9 Å². The molecule has 0 radical (unpaired) electrons. The van der Waals surface area contributed by atoms with Gasteiger partial charge in [0.2, 0.25) is 6.41 Å². The van der Waals surface area contributed by atoms with Gasteiger partial charge in [0.1, 0.15) is 5.75 Å². The van der Waals surface area contributed by atoms with Crippen molar-refractivity contribution >= 4 is 23.7 Å². The van der Waals surface area contributed by atoms with Gasteiger partial charge in [-0.25, -0.2) is 0 Å². The average Bonchev–Trinajstić information content (AvgIpc) is 2.55. The van der Waals surface area contributed by atoms with Crippen LogP contribution < -0.4 is 20.9 Å². The van der Waals surface area contributed by atoms with Crippen LogP contribution in [0.3, 0.4) is 0 Å². The molecule has 6 heteroatoms. The Hall–Kier alpha value is -3.02. The van der Waals surface area contributed by atoms with Crippen LogP contribution in [0.2, 0.25) is 0 Å². The number of methoxy groups -OCH3 is 1. The Kier molecular flexibility index (Phi) is 4.98. The Morgan fingerprint density at radius 3 is 2.45 bits per heavy atom. The molecule has 0 saturated carbocycles. The summed E-state index contributed by atoms with van der Waals surface area (Å²) in [5.74, 6) is 0.539. The number of hydrogen-bond acceptors (Lipinski definition) is 4. The zero-order valence-corrected chi connectivity index (χ0v) is 12.3. The maximum Gasteiger partial charge on any atom is 0.255 e. The first-order chi connectivity index (χ1) is 10.6. The van der Waals surface area contributed by atoms with E-state index in [0.717, 1.165) is 17.0 Å². The van der Waals surface area contributed by atoms with Gasteiger partial charge in [-0.05, 0) is 55.0 Å². The number of hydrazine groups is 1. The molecule has 0 aromatic heterocycles. The second-order valence-electron chi connectivity index (χ2n) is 4.60.